The Hall–Kier alpha value is -1.69. The molecule has 0 fully saturated rings. The standard InChI is InChI=1S/C19H23BrN2O2/c1-21(2)10-11-22(13-15-6-8-18(20)9-7-15)14-16-4-3-5-17(12-16)19(23)24/h3-9,12H,10-11,13-14H2,1-2H3,(H,23,24). The topological polar surface area (TPSA) is 43.8 Å². The molecule has 2 rings (SSSR count). The van der Waals surface area contributed by atoms with Crippen molar-refractivity contribution in [2.24, 2.45) is 0 Å². The highest BCUT2D eigenvalue weighted by Gasteiger charge is 2.10. The maximum atomic E-state index is 11.2. The lowest BCUT2D eigenvalue weighted by atomic mass is 10.1. The minimum Gasteiger partial charge on any atom is -0.478 e. The number of rotatable bonds is 8. The van der Waals surface area contributed by atoms with Crippen LogP contribution < -0.4 is 0 Å². The van der Waals surface area contributed by atoms with Crippen LogP contribution in [0.3, 0.4) is 0 Å². The number of nitrogens with zero attached hydrogens (tertiary/aromatic N) is 2. The Morgan fingerprint density at radius 2 is 1.67 bits per heavy atom. The number of hydrogen-bond acceptors (Lipinski definition) is 3. The first-order valence-electron chi connectivity index (χ1n) is 7.88. The second-order valence-electron chi connectivity index (χ2n) is 6.15. The Kier molecular flexibility index (Phi) is 6.97. The number of hydrogen-bond donors (Lipinski definition) is 1. The number of carboxylic acids is 1. The van der Waals surface area contributed by atoms with Crippen molar-refractivity contribution in [1.82, 2.24) is 9.80 Å². The first kappa shape index (κ1) is 18.6. The van der Waals surface area contributed by atoms with E-state index in [1.807, 2.05) is 24.3 Å². The number of halogens is 1. The van der Waals surface area contributed by atoms with E-state index in [0.717, 1.165) is 36.2 Å². The van der Waals surface area contributed by atoms with E-state index in [4.69, 9.17) is 5.11 Å². The van der Waals surface area contributed by atoms with Gasteiger partial charge < -0.3 is 10.0 Å². The van der Waals surface area contributed by atoms with Crippen LogP contribution >= 0.6 is 15.9 Å². The highest BCUT2D eigenvalue weighted by Crippen LogP contribution is 2.15. The van der Waals surface area contributed by atoms with Crippen molar-refractivity contribution in [2.75, 3.05) is 27.2 Å². The van der Waals surface area contributed by atoms with E-state index in [9.17, 15) is 4.79 Å². The summed E-state index contributed by atoms with van der Waals surface area (Å²) in [6.45, 7) is 3.43. The molecule has 0 aliphatic rings. The van der Waals surface area contributed by atoms with Gasteiger partial charge in [0.15, 0.2) is 0 Å². The SMILES string of the molecule is CN(C)CCN(Cc1ccc(Br)cc1)Cc1cccc(C(=O)O)c1. The van der Waals surface area contributed by atoms with Crippen molar-refractivity contribution in [2.45, 2.75) is 13.1 Å². The maximum absolute atomic E-state index is 11.2. The van der Waals surface area contributed by atoms with Crippen LogP contribution in [0.1, 0.15) is 21.5 Å². The second-order valence-corrected chi connectivity index (χ2v) is 7.06. The Balaban J connectivity index is 2.11. The van der Waals surface area contributed by atoms with Gasteiger partial charge in [0.1, 0.15) is 0 Å². The third-order valence-corrected chi connectivity index (χ3v) is 4.29. The number of likely N-dealkylation sites (N-methyl/N-ethyl adjacent to an activating group) is 1. The minimum absolute atomic E-state index is 0.337. The normalized spacial score (nSPS) is 11.2. The van der Waals surface area contributed by atoms with Gasteiger partial charge in [-0.25, -0.2) is 4.79 Å². The fourth-order valence-electron chi connectivity index (χ4n) is 2.46. The van der Waals surface area contributed by atoms with Crippen LogP contribution in [0.25, 0.3) is 0 Å². The zero-order chi connectivity index (χ0) is 17.5. The minimum atomic E-state index is -0.885. The van der Waals surface area contributed by atoms with E-state index in [1.54, 1.807) is 12.1 Å². The zero-order valence-electron chi connectivity index (χ0n) is 14.1. The third-order valence-electron chi connectivity index (χ3n) is 3.76. The van der Waals surface area contributed by atoms with Gasteiger partial charge in [0, 0.05) is 30.7 Å². The van der Waals surface area contributed by atoms with Crippen molar-refractivity contribution >= 4 is 21.9 Å². The van der Waals surface area contributed by atoms with Crippen LogP contribution in [0, 0.1) is 0 Å². The lowest BCUT2D eigenvalue weighted by Gasteiger charge is -2.24. The van der Waals surface area contributed by atoms with Crippen LogP contribution in [0.2, 0.25) is 0 Å². The Labute approximate surface area is 151 Å². The fourth-order valence-corrected chi connectivity index (χ4v) is 2.73. The molecule has 0 heterocycles. The lowest BCUT2D eigenvalue weighted by molar-refractivity contribution is 0.0696. The maximum Gasteiger partial charge on any atom is 0.335 e. The van der Waals surface area contributed by atoms with Crippen molar-refractivity contribution in [3.05, 3.63) is 69.7 Å². The van der Waals surface area contributed by atoms with E-state index in [0.29, 0.717) is 5.56 Å². The summed E-state index contributed by atoms with van der Waals surface area (Å²) in [7, 11) is 4.12. The number of carbonyl (C=O) groups is 1. The molecule has 0 aromatic heterocycles. The zero-order valence-corrected chi connectivity index (χ0v) is 15.7. The largest absolute Gasteiger partial charge is 0.478 e. The van der Waals surface area contributed by atoms with Crippen LogP contribution in [-0.4, -0.2) is 48.1 Å². The van der Waals surface area contributed by atoms with Gasteiger partial charge in [-0.15, -0.1) is 0 Å². The summed E-state index contributed by atoms with van der Waals surface area (Å²) in [4.78, 5) is 15.6. The monoisotopic (exact) mass is 390 g/mol. The fraction of sp³-hybridized carbons (Fsp3) is 0.316. The summed E-state index contributed by atoms with van der Waals surface area (Å²) in [5.41, 5.74) is 2.60. The van der Waals surface area contributed by atoms with Gasteiger partial charge in [-0.1, -0.05) is 40.2 Å². The Morgan fingerprint density at radius 3 is 2.29 bits per heavy atom. The number of aromatic carboxylic acids is 1. The molecule has 5 heteroatoms. The Bertz CT molecular complexity index is 671. The van der Waals surface area contributed by atoms with Gasteiger partial charge in [0.05, 0.1) is 5.56 Å². The van der Waals surface area contributed by atoms with Gasteiger partial charge >= 0.3 is 5.97 Å². The molecule has 1 N–H and O–H groups in total. The van der Waals surface area contributed by atoms with Crippen LogP contribution in [0.15, 0.2) is 53.0 Å². The average Bonchev–Trinajstić information content (AvgIpc) is 2.55. The molecule has 24 heavy (non-hydrogen) atoms. The summed E-state index contributed by atoms with van der Waals surface area (Å²) >= 11 is 3.46. The Morgan fingerprint density at radius 1 is 1.00 bits per heavy atom. The van der Waals surface area contributed by atoms with E-state index in [1.165, 1.54) is 5.56 Å². The quantitative estimate of drug-likeness (QED) is 0.745. The first-order chi connectivity index (χ1) is 11.4. The van der Waals surface area contributed by atoms with Gasteiger partial charge in [0.2, 0.25) is 0 Å². The van der Waals surface area contributed by atoms with Crippen LogP contribution in [0.4, 0.5) is 0 Å². The van der Waals surface area contributed by atoms with E-state index in [2.05, 4.69) is 52.0 Å². The van der Waals surface area contributed by atoms with E-state index in [-0.39, 0.29) is 0 Å². The molecular formula is C19H23BrN2O2. The van der Waals surface area contributed by atoms with Crippen molar-refractivity contribution in [3.8, 4) is 0 Å². The molecule has 2 aromatic carbocycles. The molecule has 0 aliphatic heterocycles. The highest BCUT2D eigenvalue weighted by molar-refractivity contribution is 9.10. The van der Waals surface area contributed by atoms with E-state index < -0.39 is 5.97 Å². The molecule has 0 spiro atoms. The third kappa shape index (κ3) is 6.07. The summed E-state index contributed by atoms with van der Waals surface area (Å²) in [5, 5.41) is 9.16. The molecule has 2 aromatic rings. The number of benzene rings is 2. The molecule has 0 saturated carbocycles. The molecule has 0 atom stereocenters. The smallest absolute Gasteiger partial charge is 0.335 e. The molecule has 128 valence electrons. The summed E-state index contributed by atoms with van der Waals surface area (Å²) in [6, 6.07) is 15.5. The molecule has 0 bridgehead atoms. The predicted octanol–water partition coefficient (Wildman–Crippen LogP) is 3.71. The summed E-state index contributed by atoms with van der Waals surface area (Å²) < 4.78 is 1.07. The van der Waals surface area contributed by atoms with Crippen molar-refractivity contribution in [1.29, 1.82) is 0 Å². The van der Waals surface area contributed by atoms with E-state index >= 15 is 0 Å². The van der Waals surface area contributed by atoms with Gasteiger partial charge in [-0.3, -0.25) is 4.90 Å². The molecule has 0 radical (unpaired) electrons. The van der Waals surface area contributed by atoms with Crippen LogP contribution in [-0.2, 0) is 13.1 Å². The molecule has 4 nitrogen and oxygen atoms in total. The molecule has 0 aliphatic carbocycles. The van der Waals surface area contributed by atoms with Gasteiger partial charge in [-0.2, -0.15) is 0 Å². The summed E-state index contributed by atoms with van der Waals surface area (Å²) in [6.07, 6.45) is 0. The number of carboxylic acid groups (broad SMARTS) is 1. The van der Waals surface area contributed by atoms with Gasteiger partial charge in [-0.05, 0) is 49.5 Å². The molecule has 0 saturated heterocycles. The van der Waals surface area contributed by atoms with Crippen LogP contribution in [0.5, 0.6) is 0 Å². The second kappa shape index (κ2) is 8.97. The summed E-state index contributed by atoms with van der Waals surface area (Å²) in [5.74, 6) is -0.885. The predicted molar refractivity (Wildman–Crippen MR) is 100 cm³/mol. The van der Waals surface area contributed by atoms with Gasteiger partial charge in [0.25, 0.3) is 0 Å². The molecular weight excluding hydrogens is 368 g/mol. The van der Waals surface area contributed by atoms with Crippen molar-refractivity contribution in [3.63, 3.8) is 0 Å². The average molecular weight is 391 g/mol. The highest BCUT2D eigenvalue weighted by atomic mass is 79.9. The van der Waals surface area contributed by atoms with Crippen molar-refractivity contribution < 1.29 is 9.90 Å². The lowest BCUT2D eigenvalue weighted by Crippen LogP contribution is -2.31. The molecule has 0 amide bonds. The molecule has 0 unspecified atom stereocenters. The first-order valence-corrected chi connectivity index (χ1v) is 8.67.